The van der Waals surface area contributed by atoms with Gasteiger partial charge in [-0.1, -0.05) is 13.8 Å². The van der Waals surface area contributed by atoms with Crippen LogP contribution in [0.1, 0.15) is 35.7 Å². The molecule has 1 saturated heterocycles. The molecule has 1 aliphatic heterocycles. The van der Waals surface area contributed by atoms with E-state index >= 15 is 0 Å². The maximum Gasteiger partial charge on any atom is 0.256 e. The van der Waals surface area contributed by atoms with E-state index in [1.54, 1.807) is 6.33 Å². The Morgan fingerprint density at radius 2 is 2.10 bits per heavy atom. The van der Waals surface area contributed by atoms with Gasteiger partial charge in [-0.3, -0.25) is 4.79 Å². The van der Waals surface area contributed by atoms with E-state index in [0.717, 1.165) is 16.6 Å². The summed E-state index contributed by atoms with van der Waals surface area (Å²) in [6.45, 7) is 6.77. The van der Waals surface area contributed by atoms with Gasteiger partial charge in [0.05, 0.1) is 30.6 Å². The lowest BCUT2D eigenvalue weighted by Crippen LogP contribution is -2.40. The van der Waals surface area contributed by atoms with Gasteiger partial charge >= 0.3 is 0 Å². The highest BCUT2D eigenvalue weighted by molar-refractivity contribution is 6.05. The van der Waals surface area contributed by atoms with Crippen LogP contribution in [0.4, 0.5) is 0 Å². The average molecular weight is 273 g/mol. The van der Waals surface area contributed by atoms with Crippen LogP contribution in [-0.2, 0) is 4.74 Å². The Balaban J connectivity index is 2.04. The van der Waals surface area contributed by atoms with E-state index in [9.17, 15) is 4.79 Å². The number of H-pyrrole nitrogens is 1. The topological polar surface area (TPSA) is 58.2 Å². The Morgan fingerprint density at radius 3 is 2.80 bits per heavy atom. The number of carbonyl (C=O) groups excluding carboxylic acids is 1. The van der Waals surface area contributed by atoms with Gasteiger partial charge in [0.1, 0.15) is 5.52 Å². The highest BCUT2D eigenvalue weighted by Gasteiger charge is 2.22. The number of morpholine rings is 1. The largest absolute Gasteiger partial charge is 0.378 e. The van der Waals surface area contributed by atoms with Crippen molar-refractivity contribution in [2.45, 2.75) is 19.8 Å². The molecule has 2 heterocycles. The molecule has 1 aromatic heterocycles. The summed E-state index contributed by atoms with van der Waals surface area (Å²) in [5.74, 6) is 0.423. The van der Waals surface area contributed by atoms with Crippen LogP contribution in [0, 0.1) is 0 Å². The second-order valence-electron chi connectivity index (χ2n) is 5.43. The fraction of sp³-hybridized carbons (Fsp3) is 0.467. The molecule has 2 aromatic rings. The molecule has 5 nitrogen and oxygen atoms in total. The number of benzene rings is 1. The predicted octanol–water partition coefficient (Wildman–Crippen LogP) is 2.16. The number of ether oxygens (including phenoxy) is 1. The van der Waals surface area contributed by atoms with Crippen LogP contribution in [0.25, 0.3) is 11.0 Å². The standard InChI is InChI=1S/C15H19N3O2/c1-10(2)11-7-12(14-13(8-11)16-9-17-14)15(19)18-3-5-20-6-4-18/h7-10H,3-6H2,1-2H3,(H,16,17). The zero-order chi connectivity index (χ0) is 14.1. The molecule has 1 aliphatic rings. The second-order valence-corrected chi connectivity index (χ2v) is 5.43. The van der Waals surface area contributed by atoms with Crippen molar-refractivity contribution >= 4 is 16.9 Å². The van der Waals surface area contributed by atoms with E-state index in [1.807, 2.05) is 11.0 Å². The van der Waals surface area contributed by atoms with E-state index in [0.29, 0.717) is 37.8 Å². The number of carbonyl (C=O) groups is 1. The molecule has 0 spiro atoms. The highest BCUT2D eigenvalue weighted by Crippen LogP contribution is 2.24. The van der Waals surface area contributed by atoms with E-state index in [2.05, 4.69) is 29.9 Å². The number of nitrogens with one attached hydrogen (secondary N) is 1. The lowest BCUT2D eigenvalue weighted by molar-refractivity contribution is 0.0304. The zero-order valence-electron chi connectivity index (χ0n) is 11.8. The summed E-state index contributed by atoms with van der Waals surface area (Å²) < 4.78 is 5.30. The molecule has 0 bridgehead atoms. The van der Waals surface area contributed by atoms with Gasteiger partial charge in [0.25, 0.3) is 5.91 Å². The summed E-state index contributed by atoms with van der Waals surface area (Å²) in [5.41, 5.74) is 3.52. The number of hydrogen-bond donors (Lipinski definition) is 1. The van der Waals surface area contributed by atoms with Gasteiger partial charge in [0.2, 0.25) is 0 Å². The van der Waals surface area contributed by atoms with Gasteiger partial charge in [0, 0.05) is 13.1 Å². The van der Waals surface area contributed by atoms with E-state index in [4.69, 9.17) is 4.74 Å². The highest BCUT2D eigenvalue weighted by atomic mass is 16.5. The maximum atomic E-state index is 12.7. The van der Waals surface area contributed by atoms with Crippen LogP contribution in [0.5, 0.6) is 0 Å². The number of hydrogen-bond acceptors (Lipinski definition) is 3. The minimum absolute atomic E-state index is 0.0490. The number of aromatic amines is 1. The van der Waals surface area contributed by atoms with Crippen molar-refractivity contribution in [2.24, 2.45) is 0 Å². The number of amides is 1. The number of nitrogens with zero attached hydrogens (tertiary/aromatic N) is 2. The third kappa shape index (κ3) is 2.29. The van der Waals surface area contributed by atoms with Crippen molar-refractivity contribution in [3.8, 4) is 0 Å². The molecule has 1 aromatic carbocycles. The number of rotatable bonds is 2. The molecule has 3 rings (SSSR count). The van der Waals surface area contributed by atoms with Gasteiger partial charge in [-0.15, -0.1) is 0 Å². The third-order valence-electron chi connectivity index (χ3n) is 3.74. The van der Waals surface area contributed by atoms with Gasteiger partial charge in [-0.05, 0) is 23.6 Å². The maximum absolute atomic E-state index is 12.7. The van der Waals surface area contributed by atoms with Crippen molar-refractivity contribution in [3.05, 3.63) is 29.6 Å². The third-order valence-corrected chi connectivity index (χ3v) is 3.74. The minimum atomic E-state index is 0.0490. The van der Waals surface area contributed by atoms with Crippen LogP contribution in [0.15, 0.2) is 18.5 Å². The molecule has 0 atom stereocenters. The average Bonchev–Trinajstić information content (AvgIpc) is 2.94. The first-order valence-corrected chi connectivity index (χ1v) is 7.01. The summed E-state index contributed by atoms with van der Waals surface area (Å²) in [4.78, 5) is 22.0. The molecular formula is C15H19N3O2. The first-order valence-electron chi connectivity index (χ1n) is 7.01. The molecule has 106 valence electrons. The lowest BCUT2D eigenvalue weighted by atomic mass is 9.99. The van der Waals surface area contributed by atoms with Gasteiger partial charge in [0.15, 0.2) is 0 Å². The predicted molar refractivity (Wildman–Crippen MR) is 76.9 cm³/mol. The molecule has 0 aliphatic carbocycles. The molecule has 0 radical (unpaired) electrons. The SMILES string of the molecule is CC(C)c1cc(C(=O)N2CCOCC2)c2nc[nH]c2c1. The first kappa shape index (κ1) is 13.1. The second kappa shape index (κ2) is 5.25. The number of fused-ring (bicyclic) bond motifs is 1. The van der Waals surface area contributed by atoms with Crippen LogP contribution < -0.4 is 0 Å². The fourth-order valence-corrected chi connectivity index (χ4v) is 2.51. The van der Waals surface area contributed by atoms with Crippen LogP contribution in [-0.4, -0.2) is 47.1 Å². The molecule has 20 heavy (non-hydrogen) atoms. The van der Waals surface area contributed by atoms with Crippen molar-refractivity contribution < 1.29 is 9.53 Å². The van der Waals surface area contributed by atoms with Gasteiger partial charge < -0.3 is 14.6 Å². The molecule has 5 heteroatoms. The molecular weight excluding hydrogens is 254 g/mol. The van der Waals surface area contributed by atoms with Crippen LogP contribution in [0.3, 0.4) is 0 Å². The van der Waals surface area contributed by atoms with Crippen molar-refractivity contribution in [1.82, 2.24) is 14.9 Å². The minimum Gasteiger partial charge on any atom is -0.378 e. The van der Waals surface area contributed by atoms with E-state index < -0.39 is 0 Å². The fourth-order valence-electron chi connectivity index (χ4n) is 2.51. The van der Waals surface area contributed by atoms with Gasteiger partial charge in [-0.25, -0.2) is 4.98 Å². The number of imidazole rings is 1. The van der Waals surface area contributed by atoms with Crippen molar-refractivity contribution in [1.29, 1.82) is 0 Å². The van der Waals surface area contributed by atoms with Crippen molar-refractivity contribution in [3.63, 3.8) is 0 Å². The molecule has 0 saturated carbocycles. The van der Waals surface area contributed by atoms with Crippen LogP contribution >= 0.6 is 0 Å². The Bertz CT molecular complexity index is 627. The van der Waals surface area contributed by atoms with Crippen molar-refractivity contribution in [2.75, 3.05) is 26.3 Å². The summed E-state index contributed by atoms with van der Waals surface area (Å²) in [5, 5.41) is 0. The molecule has 0 unspecified atom stereocenters. The van der Waals surface area contributed by atoms with Crippen LogP contribution in [0.2, 0.25) is 0 Å². The summed E-state index contributed by atoms with van der Waals surface area (Å²) in [7, 11) is 0. The lowest BCUT2D eigenvalue weighted by Gasteiger charge is -2.27. The first-order chi connectivity index (χ1) is 9.66. The monoisotopic (exact) mass is 273 g/mol. The summed E-state index contributed by atoms with van der Waals surface area (Å²) in [6, 6.07) is 4.05. The summed E-state index contributed by atoms with van der Waals surface area (Å²) in [6.07, 6.45) is 1.64. The van der Waals surface area contributed by atoms with E-state index in [-0.39, 0.29) is 5.91 Å². The summed E-state index contributed by atoms with van der Waals surface area (Å²) >= 11 is 0. The van der Waals surface area contributed by atoms with E-state index in [1.165, 1.54) is 0 Å². The quantitative estimate of drug-likeness (QED) is 0.912. The Morgan fingerprint density at radius 1 is 1.35 bits per heavy atom. The molecule has 1 fully saturated rings. The normalized spacial score (nSPS) is 16.1. The Hall–Kier alpha value is -1.88. The van der Waals surface area contributed by atoms with Gasteiger partial charge in [-0.2, -0.15) is 0 Å². The zero-order valence-corrected chi connectivity index (χ0v) is 11.8. The Labute approximate surface area is 117 Å². The number of aromatic nitrogens is 2. The molecule has 1 N–H and O–H groups in total. The molecule has 1 amide bonds. The smallest absolute Gasteiger partial charge is 0.256 e. The Kier molecular flexibility index (Phi) is 3.44.